The van der Waals surface area contributed by atoms with E-state index in [-0.39, 0.29) is 45.3 Å². The van der Waals surface area contributed by atoms with Crippen molar-refractivity contribution in [3.05, 3.63) is 311 Å². The molecule has 1 unspecified atom stereocenters. The van der Waals surface area contributed by atoms with Gasteiger partial charge < -0.3 is 23.8 Å². The number of hydrogen-bond acceptors (Lipinski definition) is 9. The highest BCUT2D eigenvalue weighted by Crippen LogP contribution is 2.59. The summed E-state index contributed by atoms with van der Waals surface area (Å²) in [6.45, 7) is 9.62. The van der Waals surface area contributed by atoms with Crippen molar-refractivity contribution in [2.24, 2.45) is 0 Å². The molecular formula is C84H59N3O8. The van der Waals surface area contributed by atoms with Gasteiger partial charge in [0.15, 0.2) is 0 Å². The second-order valence-corrected chi connectivity index (χ2v) is 24.3. The van der Waals surface area contributed by atoms with Gasteiger partial charge in [0.2, 0.25) is 0 Å². The second-order valence-electron chi connectivity index (χ2n) is 24.3. The number of imide groups is 2. The molecule has 14 aromatic carbocycles. The summed E-state index contributed by atoms with van der Waals surface area (Å²) in [5.74, 6) is 0.700. The molecule has 0 saturated carbocycles. The van der Waals surface area contributed by atoms with E-state index in [2.05, 4.69) is 53.4 Å². The average molecular weight is 1240 g/mol. The fourth-order valence-corrected chi connectivity index (χ4v) is 13.7. The Bertz CT molecular complexity index is 5200. The van der Waals surface area contributed by atoms with Crippen molar-refractivity contribution in [2.45, 2.75) is 40.7 Å². The van der Waals surface area contributed by atoms with Crippen LogP contribution >= 0.6 is 0 Å². The van der Waals surface area contributed by atoms with Gasteiger partial charge in [0, 0.05) is 60.2 Å². The molecule has 2 aliphatic heterocycles. The SMILES string of the molecule is Cc1ccccc1Oc1cc2c3c(cc(Oc4ccccc4C)c4c5c(Oc6ccccc6C)cc6c7c(cc(Oc8ccccc8C)c(c1c34)c75)C(=O)N(C(C)c1ccccc1)C6=O)C(=O)N(c1ccc(-c3ccc(N(c4ccccc4)c4ccccc4)cc3)cc1)C2=O. The summed E-state index contributed by atoms with van der Waals surface area (Å²) in [5.41, 5.74) is 9.94. The first-order chi connectivity index (χ1) is 46.4. The van der Waals surface area contributed by atoms with Crippen LogP contribution in [0.5, 0.6) is 46.0 Å². The summed E-state index contributed by atoms with van der Waals surface area (Å²) in [6, 6.07) is 82.3. The van der Waals surface area contributed by atoms with Crippen molar-refractivity contribution in [1.29, 1.82) is 0 Å². The van der Waals surface area contributed by atoms with E-state index in [4.69, 9.17) is 18.9 Å². The van der Waals surface area contributed by atoms with Gasteiger partial charge in [-0.05, 0) is 171 Å². The maximum absolute atomic E-state index is 16.1. The van der Waals surface area contributed by atoms with E-state index < -0.39 is 29.7 Å². The van der Waals surface area contributed by atoms with Crippen LogP contribution in [0, 0.1) is 27.7 Å². The molecule has 0 saturated heterocycles. The maximum atomic E-state index is 16.1. The van der Waals surface area contributed by atoms with Crippen LogP contribution in [0.15, 0.2) is 261 Å². The predicted molar refractivity (Wildman–Crippen MR) is 376 cm³/mol. The van der Waals surface area contributed by atoms with Gasteiger partial charge in [-0.3, -0.25) is 24.1 Å². The number of benzene rings is 14. The number of anilines is 4. The molecule has 4 amide bonds. The van der Waals surface area contributed by atoms with Crippen LogP contribution < -0.4 is 28.7 Å². The van der Waals surface area contributed by atoms with Crippen LogP contribution in [-0.4, -0.2) is 28.5 Å². The Morgan fingerprint density at radius 2 is 0.589 bits per heavy atom. The molecule has 2 aliphatic rings. The van der Waals surface area contributed by atoms with Gasteiger partial charge in [0.05, 0.1) is 34.0 Å². The first-order valence-electron chi connectivity index (χ1n) is 31.6. The lowest BCUT2D eigenvalue weighted by atomic mass is 9.80. The normalized spacial score (nSPS) is 13.1. The molecule has 458 valence electrons. The van der Waals surface area contributed by atoms with Crippen molar-refractivity contribution in [1.82, 2.24) is 4.90 Å². The lowest BCUT2D eigenvalue weighted by Gasteiger charge is -2.34. The lowest BCUT2D eigenvalue weighted by molar-refractivity contribution is 0.0548. The molecule has 2 heterocycles. The van der Waals surface area contributed by atoms with Gasteiger partial charge in [-0.25, -0.2) is 4.90 Å². The minimum Gasteiger partial charge on any atom is -0.456 e. The molecule has 0 fully saturated rings. The molecule has 0 spiro atoms. The van der Waals surface area contributed by atoms with E-state index >= 15 is 19.2 Å². The summed E-state index contributed by atoms with van der Waals surface area (Å²) in [7, 11) is 0. The highest BCUT2D eigenvalue weighted by molar-refractivity contribution is 6.46. The topological polar surface area (TPSA) is 115 Å². The summed E-state index contributed by atoms with van der Waals surface area (Å²) in [4.78, 5) is 68.7. The van der Waals surface area contributed by atoms with E-state index in [0.29, 0.717) is 71.8 Å². The van der Waals surface area contributed by atoms with Gasteiger partial charge in [-0.2, -0.15) is 0 Å². The number of carbonyl (C=O) groups is 4. The smallest absolute Gasteiger partial charge is 0.266 e. The molecule has 95 heavy (non-hydrogen) atoms. The van der Waals surface area contributed by atoms with Gasteiger partial charge in [0.1, 0.15) is 46.0 Å². The first kappa shape index (κ1) is 57.8. The van der Waals surface area contributed by atoms with E-state index in [0.717, 1.165) is 56.0 Å². The standard InChI is InChI=1S/C84H59N3O8/c1-49-23-15-19-33-65(49)92-69-45-61-73-62(82(89)85(81(61)88)53(5)54-27-9-6-10-28-54)46-70(93-66-34-20-16-24-50(66)2)76-78-72(95-68-36-22-18-26-52(68)4)48-64-74-63(47-71(77(80(74)78)75(69)79(73)76)94-67-35-21-17-25-51(67)3)83(90)87(84(64)91)60-43-39-56(40-44-60)55-37-41-59(42-38-55)86(57-29-11-7-12-30-57)58-31-13-8-14-32-58/h6-48,53H,1-5H3. The molecule has 11 nitrogen and oxygen atoms in total. The number of nitrogens with zero attached hydrogens (tertiary/aromatic N) is 3. The van der Waals surface area contributed by atoms with Crippen LogP contribution in [0.4, 0.5) is 22.7 Å². The zero-order chi connectivity index (χ0) is 64.8. The highest BCUT2D eigenvalue weighted by Gasteiger charge is 2.43. The Balaban J connectivity index is 0.970. The van der Waals surface area contributed by atoms with Crippen molar-refractivity contribution >= 4 is 89.5 Å². The number of ether oxygens (including phenoxy) is 4. The van der Waals surface area contributed by atoms with Gasteiger partial charge in [-0.1, -0.05) is 164 Å². The third kappa shape index (κ3) is 9.66. The monoisotopic (exact) mass is 1240 g/mol. The Kier molecular flexibility index (Phi) is 14.1. The Hall–Kier alpha value is -12.3. The Morgan fingerprint density at radius 1 is 0.295 bits per heavy atom. The molecule has 0 aliphatic carbocycles. The molecule has 0 N–H and O–H groups in total. The van der Waals surface area contributed by atoms with Crippen molar-refractivity contribution < 1.29 is 38.1 Å². The number of carbonyl (C=O) groups excluding carboxylic acids is 4. The molecule has 14 aromatic rings. The fraction of sp³-hybridized carbons (Fsp3) is 0.0714. The summed E-state index contributed by atoms with van der Waals surface area (Å²) >= 11 is 0. The lowest BCUT2D eigenvalue weighted by Crippen LogP contribution is -2.42. The fourth-order valence-electron chi connectivity index (χ4n) is 13.7. The van der Waals surface area contributed by atoms with Crippen LogP contribution in [0.2, 0.25) is 0 Å². The Morgan fingerprint density at radius 3 is 0.937 bits per heavy atom. The van der Waals surface area contributed by atoms with E-state index in [1.54, 1.807) is 36.4 Å². The first-order valence-corrected chi connectivity index (χ1v) is 31.6. The quantitative estimate of drug-likeness (QED) is 0.0562. The van der Waals surface area contributed by atoms with Crippen molar-refractivity contribution in [3.63, 3.8) is 0 Å². The third-order valence-electron chi connectivity index (χ3n) is 18.5. The van der Waals surface area contributed by atoms with Crippen molar-refractivity contribution in [3.8, 4) is 57.1 Å². The Labute approximate surface area is 548 Å². The number of fused-ring (bicyclic) bond motifs is 2. The number of hydrogen-bond donors (Lipinski definition) is 0. The van der Waals surface area contributed by atoms with Gasteiger partial charge in [0.25, 0.3) is 23.6 Å². The number of amides is 4. The maximum Gasteiger partial charge on any atom is 0.266 e. The average Bonchev–Trinajstić information content (AvgIpc) is 0.674. The van der Waals surface area contributed by atoms with Crippen LogP contribution in [0.25, 0.3) is 54.2 Å². The number of rotatable bonds is 15. The van der Waals surface area contributed by atoms with Gasteiger partial charge >= 0.3 is 0 Å². The number of para-hydroxylation sites is 6. The van der Waals surface area contributed by atoms with Crippen LogP contribution in [-0.2, 0) is 0 Å². The molecule has 0 aromatic heterocycles. The van der Waals surface area contributed by atoms with Crippen molar-refractivity contribution in [2.75, 3.05) is 9.80 Å². The molecule has 11 heteroatoms. The van der Waals surface area contributed by atoms with Crippen LogP contribution in [0.3, 0.4) is 0 Å². The molecular weight excluding hydrogens is 1180 g/mol. The van der Waals surface area contributed by atoms with E-state index in [1.807, 2.05) is 211 Å². The molecule has 1 atom stereocenters. The summed E-state index contributed by atoms with van der Waals surface area (Å²) in [6.07, 6.45) is 0. The molecule has 0 radical (unpaired) electrons. The zero-order valence-corrected chi connectivity index (χ0v) is 52.5. The third-order valence-corrected chi connectivity index (χ3v) is 18.5. The predicted octanol–water partition coefficient (Wildman–Crippen LogP) is 21.4. The van der Waals surface area contributed by atoms with Crippen LogP contribution in [0.1, 0.15) is 82.2 Å². The second kappa shape index (κ2) is 23.1. The van der Waals surface area contributed by atoms with Gasteiger partial charge in [-0.15, -0.1) is 0 Å². The summed E-state index contributed by atoms with van der Waals surface area (Å²) < 4.78 is 29.1. The van der Waals surface area contributed by atoms with E-state index in [1.165, 1.54) is 9.80 Å². The largest absolute Gasteiger partial charge is 0.456 e. The zero-order valence-electron chi connectivity index (χ0n) is 52.5. The molecule has 0 bridgehead atoms. The minimum atomic E-state index is -0.698. The highest BCUT2D eigenvalue weighted by atomic mass is 16.5. The minimum absolute atomic E-state index is 0.180. The molecule has 16 rings (SSSR count). The summed E-state index contributed by atoms with van der Waals surface area (Å²) in [5, 5.41) is 3.30. The van der Waals surface area contributed by atoms with E-state index in [9.17, 15) is 0 Å². The number of aryl methyl sites for hydroxylation is 4.